The number of carbonyl (C=O) groups is 2. The molecule has 0 spiro atoms. The molecule has 2 aliphatic rings. The number of pyridine rings is 3. The van der Waals surface area contributed by atoms with Crippen molar-refractivity contribution in [3.05, 3.63) is 47.4 Å². The smallest absolute Gasteiger partial charge is 0.341 e. The van der Waals surface area contributed by atoms with Crippen LogP contribution in [0.4, 0.5) is 11.6 Å². The average Bonchev–Trinajstić information content (AvgIpc) is 2.97. The van der Waals surface area contributed by atoms with Crippen molar-refractivity contribution in [3.63, 3.8) is 0 Å². The van der Waals surface area contributed by atoms with Gasteiger partial charge in [0, 0.05) is 25.4 Å². The van der Waals surface area contributed by atoms with Crippen LogP contribution in [0.3, 0.4) is 0 Å². The molecule has 0 aromatic carbocycles. The highest BCUT2D eigenvalue weighted by Crippen LogP contribution is 2.36. The van der Waals surface area contributed by atoms with Gasteiger partial charge in [-0.3, -0.25) is 4.79 Å². The molecule has 34 heavy (non-hydrogen) atoms. The van der Waals surface area contributed by atoms with Crippen LogP contribution in [-0.2, 0) is 15.1 Å². The number of aromatic nitrogens is 3. The van der Waals surface area contributed by atoms with E-state index in [4.69, 9.17) is 15.2 Å². The molecule has 0 radical (unpaired) electrons. The highest BCUT2D eigenvalue weighted by Gasteiger charge is 2.39. The number of likely N-dealkylation sites (tertiary alicyclic amines) is 1. The molecule has 1 amide bonds. The minimum Gasteiger partial charge on any atom is -0.470 e. The van der Waals surface area contributed by atoms with Gasteiger partial charge in [-0.25, -0.2) is 19.7 Å². The van der Waals surface area contributed by atoms with Crippen LogP contribution < -0.4 is 15.8 Å². The number of carbonyl (C=O) groups excluding carboxylic acids is 2. The second-order valence-corrected chi connectivity index (χ2v) is 9.20. The Balaban J connectivity index is 1.45. The molecule has 5 heterocycles. The van der Waals surface area contributed by atoms with Crippen molar-refractivity contribution in [2.45, 2.75) is 45.4 Å². The quantitative estimate of drug-likeness (QED) is 0.549. The Hall–Kier alpha value is -3.79. The van der Waals surface area contributed by atoms with E-state index in [9.17, 15) is 9.59 Å². The summed E-state index contributed by atoms with van der Waals surface area (Å²) in [5, 5.41) is 4.81. The summed E-state index contributed by atoms with van der Waals surface area (Å²) in [7, 11) is 0. The number of hydrogen-bond donors (Lipinski definition) is 2. The molecule has 3 aromatic rings. The molecule has 10 heteroatoms. The number of amides is 1. The van der Waals surface area contributed by atoms with E-state index in [1.54, 1.807) is 36.4 Å². The largest absolute Gasteiger partial charge is 0.470 e. The number of nitrogens with two attached hydrogens (primary N) is 1. The standard InChI is InChI=1S/C24H26N6O4/c1-12(25)17-8-27-22(33-14-10-30(11-14)13(2)31)18-9-26-20(7-16(17)18)28-19-6-5-15-21(29-19)24(3,4)34-23(15)32/h5-9,12,14H,10-11,25H2,1-4H3,(H,26,28,29). The minimum absolute atomic E-state index is 0.0295. The first kappa shape index (κ1) is 22.0. The van der Waals surface area contributed by atoms with Crippen molar-refractivity contribution in [3.8, 4) is 5.88 Å². The van der Waals surface area contributed by atoms with E-state index in [1.807, 2.05) is 26.8 Å². The summed E-state index contributed by atoms with van der Waals surface area (Å²) >= 11 is 0. The Bertz CT molecular complexity index is 1320. The molecule has 5 rings (SSSR count). The lowest BCUT2D eigenvalue weighted by Gasteiger charge is -2.38. The fourth-order valence-corrected chi connectivity index (χ4v) is 4.20. The van der Waals surface area contributed by atoms with E-state index < -0.39 is 5.60 Å². The highest BCUT2D eigenvalue weighted by molar-refractivity contribution is 5.94. The second-order valence-electron chi connectivity index (χ2n) is 9.20. The summed E-state index contributed by atoms with van der Waals surface area (Å²) in [5.41, 5.74) is 7.32. The lowest BCUT2D eigenvalue weighted by molar-refractivity contribution is -0.137. The van der Waals surface area contributed by atoms with Crippen LogP contribution in [0.25, 0.3) is 10.8 Å². The Labute approximate surface area is 196 Å². The first-order valence-corrected chi connectivity index (χ1v) is 11.1. The maximum atomic E-state index is 12.0. The fourth-order valence-electron chi connectivity index (χ4n) is 4.20. The van der Waals surface area contributed by atoms with Gasteiger partial charge in [0.15, 0.2) is 0 Å². The van der Waals surface area contributed by atoms with Gasteiger partial charge in [0.2, 0.25) is 11.8 Å². The van der Waals surface area contributed by atoms with Gasteiger partial charge in [0.05, 0.1) is 24.0 Å². The maximum Gasteiger partial charge on any atom is 0.341 e. The molecule has 0 saturated carbocycles. The van der Waals surface area contributed by atoms with Crippen LogP contribution in [0, 0.1) is 0 Å². The van der Waals surface area contributed by atoms with Gasteiger partial charge in [-0.1, -0.05) is 0 Å². The van der Waals surface area contributed by atoms with Gasteiger partial charge in [0.25, 0.3) is 0 Å². The monoisotopic (exact) mass is 462 g/mol. The molecule has 1 atom stereocenters. The molecule has 1 fully saturated rings. The van der Waals surface area contributed by atoms with Gasteiger partial charge in [-0.05, 0) is 49.9 Å². The van der Waals surface area contributed by atoms with Crippen LogP contribution in [0.5, 0.6) is 5.88 Å². The SMILES string of the molecule is CC(=O)N1CC(Oc2ncc(C(C)N)c3cc(Nc4ccc5c(n4)C(C)(C)OC5=O)ncc23)C1. The summed E-state index contributed by atoms with van der Waals surface area (Å²) in [4.78, 5) is 38.8. The number of fused-ring (bicyclic) bond motifs is 2. The van der Waals surface area contributed by atoms with E-state index in [-0.39, 0.29) is 24.0 Å². The van der Waals surface area contributed by atoms with E-state index in [0.717, 1.165) is 16.3 Å². The van der Waals surface area contributed by atoms with E-state index in [0.29, 0.717) is 41.9 Å². The summed E-state index contributed by atoms with van der Waals surface area (Å²) in [6, 6.07) is 5.05. The van der Waals surface area contributed by atoms with Crippen LogP contribution in [0.2, 0.25) is 0 Å². The third kappa shape index (κ3) is 3.79. The number of ether oxygens (including phenoxy) is 2. The van der Waals surface area contributed by atoms with Gasteiger partial charge in [-0.2, -0.15) is 0 Å². The number of hydrogen-bond acceptors (Lipinski definition) is 9. The molecule has 176 valence electrons. The molecule has 1 saturated heterocycles. The van der Waals surface area contributed by atoms with Crippen molar-refractivity contribution < 1.29 is 19.1 Å². The number of nitrogens with zero attached hydrogens (tertiary/aromatic N) is 4. The van der Waals surface area contributed by atoms with Crippen LogP contribution >= 0.6 is 0 Å². The van der Waals surface area contributed by atoms with Crippen molar-refractivity contribution >= 4 is 34.3 Å². The summed E-state index contributed by atoms with van der Waals surface area (Å²) in [6.45, 7) is 8.12. The zero-order chi connectivity index (χ0) is 24.2. The van der Waals surface area contributed by atoms with E-state index in [2.05, 4.69) is 20.3 Å². The molecule has 0 bridgehead atoms. The normalized spacial score (nSPS) is 17.7. The Morgan fingerprint density at radius 3 is 2.71 bits per heavy atom. The minimum atomic E-state index is -0.791. The molecule has 1 unspecified atom stereocenters. The van der Waals surface area contributed by atoms with Gasteiger partial charge >= 0.3 is 5.97 Å². The summed E-state index contributed by atoms with van der Waals surface area (Å²) < 4.78 is 11.5. The highest BCUT2D eigenvalue weighted by atomic mass is 16.6. The maximum absolute atomic E-state index is 12.0. The first-order valence-electron chi connectivity index (χ1n) is 11.1. The zero-order valence-corrected chi connectivity index (χ0v) is 19.5. The Morgan fingerprint density at radius 1 is 1.24 bits per heavy atom. The number of esters is 1. The average molecular weight is 463 g/mol. The molecule has 0 aliphatic carbocycles. The number of cyclic esters (lactones) is 1. The molecular formula is C24H26N6O4. The predicted octanol–water partition coefficient (Wildman–Crippen LogP) is 2.80. The van der Waals surface area contributed by atoms with Crippen LogP contribution in [0.1, 0.15) is 55.4 Å². The third-order valence-corrected chi connectivity index (χ3v) is 6.12. The van der Waals surface area contributed by atoms with Crippen molar-refractivity contribution in [1.82, 2.24) is 19.9 Å². The van der Waals surface area contributed by atoms with Gasteiger partial charge in [0.1, 0.15) is 29.0 Å². The van der Waals surface area contributed by atoms with Crippen LogP contribution in [0.15, 0.2) is 30.6 Å². The number of anilines is 2. The van der Waals surface area contributed by atoms with E-state index >= 15 is 0 Å². The predicted molar refractivity (Wildman–Crippen MR) is 125 cm³/mol. The summed E-state index contributed by atoms with van der Waals surface area (Å²) in [5.74, 6) is 1.22. The first-order chi connectivity index (χ1) is 16.1. The molecule has 3 N–H and O–H groups in total. The lowest BCUT2D eigenvalue weighted by atomic mass is 10.0. The Kier molecular flexibility index (Phi) is 5.12. The Morgan fingerprint density at radius 2 is 2.00 bits per heavy atom. The number of nitrogens with one attached hydrogen (secondary N) is 1. The van der Waals surface area contributed by atoms with Crippen molar-refractivity contribution in [2.75, 3.05) is 18.4 Å². The molecule has 10 nitrogen and oxygen atoms in total. The number of rotatable bonds is 5. The van der Waals surface area contributed by atoms with Crippen molar-refractivity contribution in [1.29, 1.82) is 0 Å². The van der Waals surface area contributed by atoms with Crippen molar-refractivity contribution in [2.24, 2.45) is 5.73 Å². The second kappa shape index (κ2) is 7.91. The summed E-state index contributed by atoms with van der Waals surface area (Å²) in [6.07, 6.45) is 3.30. The van der Waals surface area contributed by atoms with E-state index in [1.165, 1.54) is 0 Å². The topological polar surface area (TPSA) is 133 Å². The molecular weight excluding hydrogens is 436 g/mol. The van der Waals surface area contributed by atoms with Crippen LogP contribution in [-0.4, -0.2) is 50.9 Å². The van der Waals surface area contributed by atoms with Gasteiger partial charge < -0.3 is 25.4 Å². The molecule has 2 aliphatic heterocycles. The third-order valence-electron chi connectivity index (χ3n) is 6.12. The zero-order valence-electron chi connectivity index (χ0n) is 19.5. The molecule has 3 aromatic heterocycles. The lowest BCUT2D eigenvalue weighted by Crippen LogP contribution is -2.55. The fraction of sp³-hybridized carbons (Fsp3) is 0.375. The van der Waals surface area contributed by atoms with Gasteiger partial charge in [-0.15, -0.1) is 0 Å².